The zero-order valence-electron chi connectivity index (χ0n) is 11.1. The quantitative estimate of drug-likeness (QED) is 0.828. The van der Waals surface area contributed by atoms with Crippen LogP contribution >= 0.6 is 0 Å². The van der Waals surface area contributed by atoms with Gasteiger partial charge in [-0.05, 0) is 44.0 Å². The van der Waals surface area contributed by atoms with Gasteiger partial charge in [-0.1, -0.05) is 6.07 Å². The van der Waals surface area contributed by atoms with Crippen LogP contribution in [0.5, 0.6) is 5.75 Å². The summed E-state index contributed by atoms with van der Waals surface area (Å²) in [6, 6.07) is 5.78. The Hall–Kier alpha value is -1.06. The highest BCUT2D eigenvalue weighted by Gasteiger charge is 2.08. The van der Waals surface area contributed by atoms with Crippen molar-refractivity contribution in [2.75, 3.05) is 13.7 Å². The van der Waals surface area contributed by atoms with Crippen LogP contribution in [0.4, 0.5) is 0 Å². The maximum Gasteiger partial charge on any atom is 0.122 e. The average molecular weight is 238 g/mol. The Morgan fingerprint density at radius 3 is 2.53 bits per heavy atom. The SMILES string of the molecule is COCCC(C)Oc1ccc([C@H](C)O)cc1C. The minimum atomic E-state index is -0.436. The molecule has 1 unspecified atom stereocenters. The van der Waals surface area contributed by atoms with E-state index < -0.39 is 6.10 Å². The summed E-state index contributed by atoms with van der Waals surface area (Å²) in [6.07, 6.45) is 0.563. The molecule has 0 heterocycles. The van der Waals surface area contributed by atoms with Crippen molar-refractivity contribution in [3.05, 3.63) is 29.3 Å². The lowest BCUT2D eigenvalue weighted by Gasteiger charge is -2.17. The molecule has 0 aromatic heterocycles. The highest BCUT2D eigenvalue weighted by Crippen LogP contribution is 2.23. The molecule has 1 rings (SSSR count). The number of hydrogen-bond acceptors (Lipinski definition) is 3. The second-order valence-electron chi connectivity index (χ2n) is 4.41. The summed E-state index contributed by atoms with van der Waals surface area (Å²) in [5, 5.41) is 9.48. The number of aliphatic hydroxyl groups is 1. The Morgan fingerprint density at radius 1 is 1.29 bits per heavy atom. The molecule has 3 nitrogen and oxygen atoms in total. The monoisotopic (exact) mass is 238 g/mol. The van der Waals surface area contributed by atoms with Crippen molar-refractivity contribution < 1.29 is 14.6 Å². The predicted octanol–water partition coefficient (Wildman–Crippen LogP) is 2.85. The van der Waals surface area contributed by atoms with Gasteiger partial charge in [0.05, 0.1) is 12.2 Å². The number of methoxy groups -OCH3 is 1. The van der Waals surface area contributed by atoms with E-state index in [0.717, 1.165) is 23.3 Å². The van der Waals surface area contributed by atoms with Crippen molar-refractivity contribution in [2.24, 2.45) is 0 Å². The van der Waals surface area contributed by atoms with Gasteiger partial charge in [-0.25, -0.2) is 0 Å². The number of benzene rings is 1. The molecule has 0 saturated carbocycles. The van der Waals surface area contributed by atoms with Crippen LogP contribution in [0.15, 0.2) is 18.2 Å². The molecule has 0 bridgehead atoms. The minimum absolute atomic E-state index is 0.131. The van der Waals surface area contributed by atoms with E-state index in [4.69, 9.17) is 9.47 Å². The van der Waals surface area contributed by atoms with Gasteiger partial charge >= 0.3 is 0 Å². The van der Waals surface area contributed by atoms with Crippen molar-refractivity contribution in [1.82, 2.24) is 0 Å². The van der Waals surface area contributed by atoms with Gasteiger partial charge in [0.1, 0.15) is 5.75 Å². The van der Waals surface area contributed by atoms with Gasteiger partial charge in [0.25, 0.3) is 0 Å². The standard InChI is InChI=1S/C14H22O3/c1-10-9-13(12(3)15)5-6-14(10)17-11(2)7-8-16-4/h5-6,9,11-12,15H,7-8H2,1-4H3/t11?,12-/m0/s1. The lowest BCUT2D eigenvalue weighted by Crippen LogP contribution is -2.14. The number of aliphatic hydroxyl groups excluding tert-OH is 1. The van der Waals surface area contributed by atoms with Gasteiger partial charge in [-0.15, -0.1) is 0 Å². The summed E-state index contributed by atoms with van der Waals surface area (Å²) in [7, 11) is 1.69. The van der Waals surface area contributed by atoms with Gasteiger partial charge in [0.15, 0.2) is 0 Å². The lowest BCUT2D eigenvalue weighted by atomic mass is 10.1. The number of rotatable bonds is 6. The largest absolute Gasteiger partial charge is 0.490 e. The van der Waals surface area contributed by atoms with Crippen LogP contribution in [0.1, 0.15) is 37.5 Å². The summed E-state index contributed by atoms with van der Waals surface area (Å²) >= 11 is 0. The maximum atomic E-state index is 9.48. The Bertz CT molecular complexity index is 347. The number of hydrogen-bond donors (Lipinski definition) is 1. The van der Waals surface area contributed by atoms with Crippen molar-refractivity contribution >= 4 is 0 Å². The summed E-state index contributed by atoms with van der Waals surface area (Å²) in [5.41, 5.74) is 1.96. The third kappa shape index (κ3) is 4.36. The molecule has 2 atom stereocenters. The molecule has 0 aliphatic rings. The molecule has 0 saturated heterocycles. The molecule has 3 heteroatoms. The molecular weight excluding hydrogens is 216 g/mol. The molecule has 1 N–H and O–H groups in total. The maximum absolute atomic E-state index is 9.48. The van der Waals surface area contributed by atoms with Gasteiger partial charge in [-0.2, -0.15) is 0 Å². The van der Waals surface area contributed by atoms with E-state index >= 15 is 0 Å². The van der Waals surface area contributed by atoms with E-state index in [-0.39, 0.29) is 6.10 Å². The second-order valence-corrected chi connectivity index (χ2v) is 4.41. The zero-order valence-corrected chi connectivity index (χ0v) is 11.1. The lowest BCUT2D eigenvalue weighted by molar-refractivity contribution is 0.134. The predicted molar refractivity (Wildman–Crippen MR) is 68.4 cm³/mol. The molecule has 1 aromatic rings. The van der Waals surface area contributed by atoms with E-state index in [1.165, 1.54) is 0 Å². The number of ether oxygens (including phenoxy) is 2. The second kappa shape index (κ2) is 6.62. The van der Waals surface area contributed by atoms with Crippen LogP contribution in [-0.2, 0) is 4.74 Å². The van der Waals surface area contributed by atoms with E-state index in [0.29, 0.717) is 6.61 Å². The smallest absolute Gasteiger partial charge is 0.122 e. The van der Waals surface area contributed by atoms with Gasteiger partial charge in [0.2, 0.25) is 0 Å². The van der Waals surface area contributed by atoms with Gasteiger partial charge in [0, 0.05) is 20.1 Å². The molecule has 0 radical (unpaired) electrons. The van der Waals surface area contributed by atoms with Crippen LogP contribution in [0, 0.1) is 6.92 Å². The van der Waals surface area contributed by atoms with E-state index in [2.05, 4.69) is 0 Å². The summed E-state index contributed by atoms with van der Waals surface area (Å²) in [5.74, 6) is 0.873. The fraction of sp³-hybridized carbons (Fsp3) is 0.571. The molecule has 1 aromatic carbocycles. The zero-order chi connectivity index (χ0) is 12.8. The van der Waals surface area contributed by atoms with Crippen molar-refractivity contribution in [1.29, 1.82) is 0 Å². The molecule has 17 heavy (non-hydrogen) atoms. The van der Waals surface area contributed by atoms with Gasteiger partial charge in [-0.3, -0.25) is 0 Å². The van der Waals surface area contributed by atoms with E-state index in [1.54, 1.807) is 14.0 Å². The minimum Gasteiger partial charge on any atom is -0.490 e. The van der Waals surface area contributed by atoms with Crippen molar-refractivity contribution in [3.63, 3.8) is 0 Å². The molecule has 0 spiro atoms. The first-order valence-corrected chi connectivity index (χ1v) is 5.98. The fourth-order valence-corrected chi connectivity index (χ4v) is 1.62. The van der Waals surface area contributed by atoms with Crippen LogP contribution in [0.2, 0.25) is 0 Å². The summed E-state index contributed by atoms with van der Waals surface area (Å²) < 4.78 is 10.8. The normalized spacial score (nSPS) is 14.4. The molecule has 0 amide bonds. The Labute approximate surface area is 103 Å². The Balaban J connectivity index is 2.65. The molecule has 96 valence electrons. The van der Waals surface area contributed by atoms with Crippen LogP contribution < -0.4 is 4.74 Å². The van der Waals surface area contributed by atoms with Crippen LogP contribution in [0.25, 0.3) is 0 Å². The Morgan fingerprint density at radius 2 is 2.00 bits per heavy atom. The topological polar surface area (TPSA) is 38.7 Å². The highest BCUT2D eigenvalue weighted by atomic mass is 16.5. The van der Waals surface area contributed by atoms with Crippen LogP contribution in [-0.4, -0.2) is 24.9 Å². The molecular formula is C14H22O3. The molecule has 0 fully saturated rings. The Kier molecular flexibility index (Phi) is 5.45. The molecule has 0 aliphatic heterocycles. The van der Waals surface area contributed by atoms with Crippen molar-refractivity contribution in [2.45, 2.75) is 39.4 Å². The highest BCUT2D eigenvalue weighted by molar-refractivity contribution is 5.37. The first kappa shape index (κ1) is 14.0. The summed E-state index contributed by atoms with van der Waals surface area (Å²) in [6.45, 7) is 6.48. The summed E-state index contributed by atoms with van der Waals surface area (Å²) in [4.78, 5) is 0. The first-order chi connectivity index (χ1) is 8.04. The third-order valence-corrected chi connectivity index (χ3v) is 2.74. The van der Waals surface area contributed by atoms with Gasteiger partial charge < -0.3 is 14.6 Å². The van der Waals surface area contributed by atoms with Crippen molar-refractivity contribution in [3.8, 4) is 5.75 Å². The fourth-order valence-electron chi connectivity index (χ4n) is 1.62. The van der Waals surface area contributed by atoms with Crippen LogP contribution in [0.3, 0.4) is 0 Å². The van der Waals surface area contributed by atoms with E-state index in [9.17, 15) is 5.11 Å². The third-order valence-electron chi connectivity index (χ3n) is 2.74. The molecule has 0 aliphatic carbocycles. The van der Waals surface area contributed by atoms with E-state index in [1.807, 2.05) is 32.0 Å². The number of aryl methyl sites for hydroxylation is 1. The average Bonchev–Trinajstić information content (AvgIpc) is 2.28. The first-order valence-electron chi connectivity index (χ1n) is 5.98.